The van der Waals surface area contributed by atoms with E-state index in [-0.39, 0.29) is 18.6 Å². The van der Waals surface area contributed by atoms with Gasteiger partial charge in [0.1, 0.15) is 6.54 Å². The zero-order valence-corrected chi connectivity index (χ0v) is 11.6. The first kappa shape index (κ1) is 13.7. The lowest BCUT2D eigenvalue weighted by molar-refractivity contribution is -0.122. The molecule has 2 aromatic rings. The summed E-state index contributed by atoms with van der Waals surface area (Å²) < 4.78 is 5.45. The van der Waals surface area contributed by atoms with Crippen molar-refractivity contribution in [2.45, 2.75) is 25.5 Å². The summed E-state index contributed by atoms with van der Waals surface area (Å²) in [5.41, 5.74) is 0.878. The van der Waals surface area contributed by atoms with E-state index in [2.05, 4.69) is 20.7 Å². The second-order valence-electron chi connectivity index (χ2n) is 4.95. The first-order chi connectivity index (χ1) is 10.3. The lowest BCUT2D eigenvalue weighted by atomic mass is 10.2. The van der Waals surface area contributed by atoms with Crippen LogP contribution in [0.1, 0.15) is 12.8 Å². The average Bonchev–Trinajstić information content (AvgIpc) is 3.17. The fourth-order valence-corrected chi connectivity index (χ4v) is 2.23. The molecule has 1 atom stereocenters. The number of hydrogen-bond donors (Lipinski definition) is 1. The zero-order valence-electron chi connectivity index (χ0n) is 11.6. The van der Waals surface area contributed by atoms with Crippen LogP contribution in [0, 0.1) is 0 Å². The highest BCUT2D eigenvalue weighted by atomic mass is 16.5. The van der Waals surface area contributed by atoms with Crippen LogP contribution in [0.25, 0.3) is 11.4 Å². The highest BCUT2D eigenvalue weighted by Crippen LogP contribution is 2.12. The van der Waals surface area contributed by atoms with Crippen molar-refractivity contribution < 1.29 is 9.53 Å². The van der Waals surface area contributed by atoms with Crippen LogP contribution in [0.2, 0.25) is 0 Å². The number of carbonyl (C=O) groups excluding carboxylic acids is 1. The molecule has 1 saturated heterocycles. The Bertz CT molecular complexity index is 592. The van der Waals surface area contributed by atoms with Gasteiger partial charge in [-0.15, -0.1) is 10.2 Å². The van der Waals surface area contributed by atoms with Gasteiger partial charge in [-0.25, -0.2) is 0 Å². The zero-order chi connectivity index (χ0) is 14.5. The van der Waals surface area contributed by atoms with Crippen molar-refractivity contribution in [1.29, 1.82) is 0 Å². The van der Waals surface area contributed by atoms with E-state index in [0.29, 0.717) is 12.4 Å². The fraction of sp³-hybridized carbons (Fsp3) is 0.429. The van der Waals surface area contributed by atoms with Crippen molar-refractivity contribution >= 4 is 5.91 Å². The van der Waals surface area contributed by atoms with E-state index in [1.165, 1.54) is 4.80 Å². The van der Waals surface area contributed by atoms with Gasteiger partial charge in [-0.3, -0.25) is 4.79 Å². The van der Waals surface area contributed by atoms with Crippen molar-refractivity contribution in [2.24, 2.45) is 0 Å². The minimum absolute atomic E-state index is 0.0621. The van der Waals surface area contributed by atoms with Crippen LogP contribution in [-0.4, -0.2) is 45.4 Å². The molecule has 1 amide bonds. The minimum Gasteiger partial charge on any atom is -0.376 e. The molecule has 7 heteroatoms. The molecule has 21 heavy (non-hydrogen) atoms. The first-order valence-corrected chi connectivity index (χ1v) is 7.03. The van der Waals surface area contributed by atoms with E-state index in [1.807, 2.05) is 30.3 Å². The smallest absolute Gasteiger partial charge is 0.243 e. The van der Waals surface area contributed by atoms with E-state index in [4.69, 9.17) is 4.74 Å². The van der Waals surface area contributed by atoms with Gasteiger partial charge in [-0.05, 0) is 18.1 Å². The number of nitrogens with one attached hydrogen (secondary N) is 1. The summed E-state index contributed by atoms with van der Waals surface area (Å²) in [4.78, 5) is 13.1. The SMILES string of the molecule is O=C(Cn1nnc(-c2ccccc2)n1)NC[C@H]1CCCO1. The molecule has 0 aliphatic carbocycles. The van der Waals surface area contributed by atoms with Gasteiger partial charge in [0, 0.05) is 18.7 Å². The summed E-state index contributed by atoms with van der Waals surface area (Å²) >= 11 is 0. The maximum absolute atomic E-state index is 11.8. The van der Waals surface area contributed by atoms with Crippen LogP contribution in [-0.2, 0) is 16.1 Å². The molecular weight excluding hydrogens is 270 g/mol. The Balaban J connectivity index is 1.53. The molecule has 1 aromatic heterocycles. The standard InChI is InChI=1S/C14H17N5O2/c20-13(15-9-12-7-4-8-21-12)10-19-17-14(16-18-19)11-5-2-1-3-6-11/h1-3,5-6,12H,4,7-10H2,(H,15,20)/t12-/m1/s1. The van der Waals surface area contributed by atoms with Crippen LogP contribution < -0.4 is 5.32 Å². The topological polar surface area (TPSA) is 81.9 Å². The first-order valence-electron chi connectivity index (χ1n) is 7.03. The lowest BCUT2D eigenvalue weighted by Gasteiger charge is -2.10. The van der Waals surface area contributed by atoms with Gasteiger partial charge in [0.2, 0.25) is 11.7 Å². The predicted molar refractivity (Wildman–Crippen MR) is 75.2 cm³/mol. The maximum Gasteiger partial charge on any atom is 0.243 e. The number of hydrogen-bond acceptors (Lipinski definition) is 5. The van der Waals surface area contributed by atoms with Crippen molar-refractivity contribution in [3.05, 3.63) is 30.3 Å². The Labute approximate surface area is 122 Å². The van der Waals surface area contributed by atoms with Crippen molar-refractivity contribution in [3.8, 4) is 11.4 Å². The quantitative estimate of drug-likeness (QED) is 0.872. The molecule has 1 fully saturated rings. The molecule has 0 spiro atoms. The molecule has 1 N–H and O–H groups in total. The molecule has 3 rings (SSSR count). The summed E-state index contributed by atoms with van der Waals surface area (Å²) in [7, 11) is 0. The molecule has 1 aliphatic rings. The third-order valence-electron chi connectivity index (χ3n) is 3.32. The van der Waals surface area contributed by atoms with Crippen LogP contribution >= 0.6 is 0 Å². The highest BCUT2D eigenvalue weighted by Gasteiger charge is 2.16. The van der Waals surface area contributed by atoms with Gasteiger partial charge in [0.15, 0.2) is 0 Å². The van der Waals surface area contributed by atoms with E-state index in [0.717, 1.165) is 25.0 Å². The van der Waals surface area contributed by atoms with Crippen LogP contribution in [0.4, 0.5) is 0 Å². The number of tetrazole rings is 1. The number of nitrogens with zero attached hydrogens (tertiary/aromatic N) is 4. The number of carbonyl (C=O) groups is 1. The van der Waals surface area contributed by atoms with Gasteiger partial charge in [0.05, 0.1) is 6.10 Å². The normalized spacial score (nSPS) is 17.8. The van der Waals surface area contributed by atoms with Crippen LogP contribution in [0.3, 0.4) is 0 Å². The van der Waals surface area contributed by atoms with Gasteiger partial charge < -0.3 is 10.1 Å². The fourth-order valence-electron chi connectivity index (χ4n) is 2.23. The van der Waals surface area contributed by atoms with Gasteiger partial charge in [-0.1, -0.05) is 30.3 Å². The Morgan fingerprint density at radius 2 is 2.24 bits per heavy atom. The van der Waals surface area contributed by atoms with E-state index in [1.54, 1.807) is 0 Å². The number of amides is 1. The molecule has 0 bridgehead atoms. The summed E-state index contributed by atoms with van der Waals surface area (Å²) in [5, 5.41) is 14.9. The molecule has 110 valence electrons. The van der Waals surface area contributed by atoms with Crippen molar-refractivity contribution in [2.75, 3.05) is 13.2 Å². The third-order valence-corrected chi connectivity index (χ3v) is 3.32. The molecule has 1 aromatic carbocycles. The summed E-state index contributed by atoms with van der Waals surface area (Å²) in [6, 6.07) is 9.54. The minimum atomic E-state index is -0.137. The van der Waals surface area contributed by atoms with Gasteiger partial charge >= 0.3 is 0 Å². The second kappa shape index (κ2) is 6.45. The third kappa shape index (κ3) is 3.63. The number of rotatable bonds is 5. The van der Waals surface area contributed by atoms with E-state index >= 15 is 0 Å². The van der Waals surface area contributed by atoms with E-state index < -0.39 is 0 Å². The predicted octanol–water partition coefficient (Wildman–Crippen LogP) is 0.635. The largest absolute Gasteiger partial charge is 0.376 e. The van der Waals surface area contributed by atoms with Crippen LogP contribution in [0.5, 0.6) is 0 Å². The number of aromatic nitrogens is 4. The summed E-state index contributed by atoms with van der Waals surface area (Å²) in [6.45, 7) is 1.39. The maximum atomic E-state index is 11.8. The lowest BCUT2D eigenvalue weighted by Crippen LogP contribution is -2.34. The summed E-state index contributed by atoms with van der Waals surface area (Å²) in [6.07, 6.45) is 2.20. The van der Waals surface area contributed by atoms with Crippen molar-refractivity contribution in [3.63, 3.8) is 0 Å². The number of benzene rings is 1. The van der Waals surface area contributed by atoms with Crippen LogP contribution in [0.15, 0.2) is 30.3 Å². The molecular formula is C14H17N5O2. The molecule has 7 nitrogen and oxygen atoms in total. The van der Waals surface area contributed by atoms with E-state index in [9.17, 15) is 4.79 Å². The highest BCUT2D eigenvalue weighted by molar-refractivity contribution is 5.75. The Morgan fingerprint density at radius 3 is 3.00 bits per heavy atom. The Kier molecular flexibility index (Phi) is 4.20. The Hall–Kier alpha value is -2.28. The van der Waals surface area contributed by atoms with Gasteiger partial charge in [0.25, 0.3) is 0 Å². The molecule has 0 radical (unpaired) electrons. The van der Waals surface area contributed by atoms with Gasteiger partial charge in [-0.2, -0.15) is 4.80 Å². The molecule has 2 heterocycles. The number of ether oxygens (including phenoxy) is 1. The summed E-state index contributed by atoms with van der Waals surface area (Å²) in [5.74, 6) is 0.380. The monoisotopic (exact) mass is 287 g/mol. The molecule has 0 unspecified atom stereocenters. The Morgan fingerprint density at radius 1 is 1.38 bits per heavy atom. The molecule has 1 aliphatic heterocycles. The van der Waals surface area contributed by atoms with Crippen molar-refractivity contribution in [1.82, 2.24) is 25.5 Å². The second-order valence-corrected chi connectivity index (χ2v) is 4.95. The average molecular weight is 287 g/mol. The molecule has 0 saturated carbocycles.